The summed E-state index contributed by atoms with van der Waals surface area (Å²) in [5.74, 6) is -1.53. The largest absolute Gasteiger partial charge is 0.481 e. The van der Waals surface area contributed by atoms with Crippen LogP contribution in [0.4, 0.5) is 0 Å². The van der Waals surface area contributed by atoms with Gasteiger partial charge in [-0.25, -0.2) is 0 Å². The number of carbonyl (C=O) groups excluding carboxylic acids is 1. The summed E-state index contributed by atoms with van der Waals surface area (Å²) in [6.45, 7) is 1.90. The normalized spacial score (nSPS) is 12.2. The van der Waals surface area contributed by atoms with E-state index in [1.807, 2.05) is 0 Å². The van der Waals surface area contributed by atoms with Crippen molar-refractivity contribution >= 4 is 11.9 Å². The summed E-state index contributed by atoms with van der Waals surface area (Å²) < 4.78 is 0. The van der Waals surface area contributed by atoms with Crippen molar-refractivity contribution in [2.45, 2.75) is 13.3 Å². The fraction of sp³-hybridized carbons (Fsp3) is 0.714. The van der Waals surface area contributed by atoms with Gasteiger partial charge in [-0.05, 0) is 6.42 Å². The molecule has 0 saturated heterocycles. The van der Waals surface area contributed by atoms with Crippen LogP contribution >= 0.6 is 0 Å². The molecule has 0 rings (SSSR count). The van der Waals surface area contributed by atoms with Crippen LogP contribution < -0.4 is 11.1 Å². The topological polar surface area (TPSA) is 92.4 Å². The van der Waals surface area contributed by atoms with Crippen molar-refractivity contribution in [1.82, 2.24) is 5.32 Å². The molecule has 0 radical (unpaired) electrons. The van der Waals surface area contributed by atoms with Crippen LogP contribution in [0, 0.1) is 5.92 Å². The Kier molecular flexibility index (Phi) is 5.03. The third-order valence-electron chi connectivity index (χ3n) is 1.51. The predicted molar refractivity (Wildman–Crippen MR) is 43.5 cm³/mol. The summed E-state index contributed by atoms with van der Waals surface area (Å²) in [7, 11) is 0. The van der Waals surface area contributed by atoms with E-state index in [-0.39, 0.29) is 12.5 Å². The van der Waals surface area contributed by atoms with Gasteiger partial charge in [-0.2, -0.15) is 0 Å². The molecule has 0 heterocycles. The minimum Gasteiger partial charge on any atom is -0.481 e. The highest BCUT2D eigenvalue weighted by Gasteiger charge is 2.09. The lowest BCUT2D eigenvalue weighted by Crippen LogP contribution is -2.32. The first-order valence-electron chi connectivity index (χ1n) is 3.77. The van der Waals surface area contributed by atoms with Crippen molar-refractivity contribution in [3.05, 3.63) is 0 Å². The van der Waals surface area contributed by atoms with Gasteiger partial charge in [-0.3, -0.25) is 9.59 Å². The summed E-state index contributed by atoms with van der Waals surface area (Å²) in [5.41, 5.74) is 5.02. The second kappa shape index (κ2) is 5.54. The lowest BCUT2D eigenvalue weighted by Gasteiger charge is -2.06. The average molecular weight is 174 g/mol. The molecule has 0 aliphatic carbocycles. The van der Waals surface area contributed by atoms with Gasteiger partial charge in [-0.15, -0.1) is 0 Å². The number of hydrogen-bond acceptors (Lipinski definition) is 3. The summed E-state index contributed by atoms with van der Waals surface area (Å²) >= 11 is 0. The maximum atomic E-state index is 10.6. The smallest absolute Gasteiger partial charge is 0.306 e. The van der Waals surface area contributed by atoms with Crippen molar-refractivity contribution in [2.24, 2.45) is 11.7 Å². The number of rotatable bonds is 5. The van der Waals surface area contributed by atoms with E-state index in [0.29, 0.717) is 13.0 Å². The Morgan fingerprint density at radius 1 is 1.58 bits per heavy atom. The summed E-state index contributed by atoms with van der Waals surface area (Å²) in [5, 5.41) is 11.0. The average Bonchev–Trinajstić information content (AvgIpc) is 2.03. The van der Waals surface area contributed by atoms with Crippen LogP contribution in [0.25, 0.3) is 0 Å². The van der Waals surface area contributed by atoms with Gasteiger partial charge in [0.05, 0.1) is 12.5 Å². The first-order chi connectivity index (χ1) is 5.57. The zero-order chi connectivity index (χ0) is 9.56. The van der Waals surface area contributed by atoms with E-state index in [0.717, 1.165) is 0 Å². The number of hydrogen-bond donors (Lipinski definition) is 3. The molecule has 0 fully saturated rings. The van der Waals surface area contributed by atoms with Crippen molar-refractivity contribution in [3.8, 4) is 0 Å². The van der Waals surface area contributed by atoms with E-state index in [2.05, 4.69) is 5.32 Å². The molecule has 1 atom stereocenters. The highest BCUT2D eigenvalue weighted by atomic mass is 16.4. The molecule has 0 aromatic carbocycles. The number of carboxylic acid groups (broad SMARTS) is 1. The second-order valence-corrected chi connectivity index (χ2v) is 2.58. The standard InChI is InChI=1S/C7H14N2O3/c1-5(7(11)12)2-3-9-6(10)4-8/h5H,2-4,8H2,1H3,(H,9,10)(H,11,12). The third kappa shape index (κ3) is 4.68. The molecule has 0 aliphatic rings. The number of amides is 1. The van der Waals surface area contributed by atoms with Gasteiger partial charge in [0.25, 0.3) is 0 Å². The van der Waals surface area contributed by atoms with Gasteiger partial charge in [0.1, 0.15) is 0 Å². The highest BCUT2D eigenvalue weighted by Crippen LogP contribution is 1.98. The van der Waals surface area contributed by atoms with Crippen LogP contribution in [-0.4, -0.2) is 30.1 Å². The van der Waals surface area contributed by atoms with E-state index in [4.69, 9.17) is 10.8 Å². The van der Waals surface area contributed by atoms with Crippen LogP contribution in [-0.2, 0) is 9.59 Å². The van der Waals surface area contributed by atoms with Gasteiger partial charge < -0.3 is 16.2 Å². The third-order valence-corrected chi connectivity index (χ3v) is 1.51. The SMILES string of the molecule is CC(CCNC(=O)CN)C(=O)O. The van der Waals surface area contributed by atoms with E-state index in [1.165, 1.54) is 0 Å². The molecule has 70 valence electrons. The van der Waals surface area contributed by atoms with Crippen LogP contribution in [0.3, 0.4) is 0 Å². The van der Waals surface area contributed by atoms with Crippen LogP contribution in [0.2, 0.25) is 0 Å². The maximum absolute atomic E-state index is 10.6. The van der Waals surface area contributed by atoms with Crippen molar-refractivity contribution < 1.29 is 14.7 Å². The second-order valence-electron chi connectivity index (χ2n) is 2.58. The molecule has 0 spiro atoms. The van der Waals surface area contributed by atoms with E-state index >= 15 is 0 Å². The number of carbonyl (C=O) groups is 2. The number of aliphatic carboxylic acids is 1. The molecule has 0 aromatic rings. The van der Waals surface area contributed by atoms with Gasteiger partial charge >= 0.3 is 5.97 Å². The van der Waals surface area contributed by atoms with E-state index in [1.54, 1.807) is 6.92 Å². The molecular formula is C7H14N2O3. The van der Waals surface area contributed by atoms with Gasteiger partial charge in [0, 0.05) is 6.54 Å². The molecule has 0 bridgehead atoms. The zero-order valence-corrected chi connectivity index (χ0v) is 7.04. The molecule has 4 N–H and O–H groups in total. The minimum atomic E-state index is -0.850. The fourth-order valence-electron chi connectivity index (χ4n) is 0.624. The predicted octanol–water partition coefficient (Wildman–Crippen LogP) is -0.828. The molecule has 0 aliphatic heterocycles. The van der Waals surface area contributed by atoms with Crippen molar-refractivity contribution in [1.29, 1.82) is 0 Å². The number of nitrogens with one attached hydrogen (secondary N) is 1. The van der Waals surface area contributed by atoms with Gasteiger partial charge in [-0.1, -0.05) is 6.92 Å². The molecule has 1 amide bonds. The quantitative estimate of drug-likeness (QED) is 0.507. The molecule has 0 aromatic heterocycles. The summed E-state index contributed by atoms with van der Waals surface area (Å²) in [4.78, 5) is 20.9. The number of nitrogens with two attached hydrogens (primary N) is 1. The first-order valence-corrected chi connectivity index (χ1v) is 3.77. The van der Waals surface area contributed by atoms with Gasteiger partial charge in [0.15, 0.2) is 0 Å². The van der Waals surface area contributed by atoms with Crippen LogP contribution in [0.5, 0.6) is 0 Å². The van der Waals surface area contributed by atoms with Gasteiger partial charge in [0.2, 0.25) is 5.91 Å². The number of carboxylic acids is 1. The Morgan fingerprint density at radius 3 is 2.58 bits per heavy atom. The van der Waals surface area contributed by atoms with Crippen LogP contribution in [0.1, 0.15) is 13.3 Å². The first kappa shape index (κ1) is 10.9. The monoisotopic (exact) mass is 174 g/mol. The maximum Gasteiger partial charge on any atom is 0.306 e. The molecule has 5 heteroatoms. The lowest BCUT2D eigenvalue weighted by molar-refractivity contribution is -0.141. The lowest BCUT2D eigenvalue weighted by atomic mass is 10.1. The Hall–Kier alpha value is -1.10. The summed E-state index contributed by atoms with van der Waals surface area (Å²) in [6, 6.07) is 0. The van der Waals surface area contributed by atoms with E-state index in [9.17, 15) is 9.59 Å². The summed E-state index contributed by atoms with van der Waals surface area (Å²) in [6.07, 6.45) is 0.432. The van der Waals surface area contributed by atoms with E-state index < -0.39 is 11.9 Å². The van der Waals surface area contributed by atoms with Crippen molar-refractivity contribution in [2.75, 3.05) is 13.1 Å². The molecule has 12 heavy (non-hydrogen) atoms. The molecular weight excluding hydrogens is 160 g/mol. The Balaban J connectivity index is 3.43. The minimum absolute atomic E-state index is 0.0541. The highest BCUT2D eigenvalue weighted by molar-refractivity contribution is 5.77. The zero-order valence-electron chi connectivity index (χ0n) is 7.04. The molecule has 0 saturated carbocycles. The molecule has 5 nitrogen and oxygen atoms in total. The Morgan fingerprint density at radius 2 is 2.17 bits per heavy atom. The van der Waals surface area contributed by atoms with Crippen molar-refractivity contribution in [3.63, 3.8) is 0 Å². The Labute approximate surface area is 70.9 Å². The van der Waals surface area contributed by atoms with Crippen LogP contribution in [0.15, 0.2) is 0 Å². The fourth-order valence-corrected chi connectivity index (χ4v) is 0.624. The Bertz CT molecular complexity index is 170. The molecule has 1 unspecified atom stereocenters.